The van der Waals surface area contributed by atoms with Gasteiger partial charge in [-0.15, -0.1) is 0 Å². The first-order valence-electron chi connectivity index (χ1n) is 12.0. The van der Waals surface area contributed by atoms with E-state index in [1.165, 1.54) is 24.0 Å². The fourth-order valence-electron chi connectivity index (χ4n) is 4.01. The first-order valence-corrected chi connectivity index (χ1v) is 12.8. The molecule has 37 heavy (non-hydrogen) atoms. The number of aliphatic carboxylic acids is 1. The van der Waals surface area contributed by atoms with Gasteiger partial charge in [-0.2, -0.15) is 0 Å². The minimum Gasteiger partial charge on any atom is -0.496 e. The number of hydrogen-bond acceptors (Lipinski definition) is 4. The minimum absolute atomic E-state index is 0.137. The fourth-order valence-corrected chi connectivity index (χ4v) is 4.57. The molecule has 0 bridgehead atoms. The highest BCUT2D eigenvalue weighted by atomic mass is 35.5. The molecule has 3 rings (SSSR count). The quantitative estimate of drug-likeness (QED) is 0.278. The number of rotatable bonds is 10. The highest BCUT2D eigenvalue weighted by molar-refractivity contribution is 6.38. The van der Waals surface area contributed by atoms with Crippen LogP contribution in [0.5, 0.6) is 17.2 Å². The van der Waals surface area contributed by atoms with Crippen molar-refractivity contribution in [1.82, 2.24) is 0 Å². The molecule has 0 saturated carbocycles. The summed E-state index contributed by atoms with van der Waals surface area (Å²) in [5, 5.41) is 10.4. The van der Waals surface area contributed by atoms with E-state index in [9.17, 15) is 14.7 Å². The highest BCUT2D eigenvalue weighted by Gasteiger charge is 2.42. The second-order valence-electron chi connectivity index (χ2n) is 8.99. The molecule has 0 heterocycles. The third-order valence-corrected chi connectivity index (χ3v) is 7.23. The second kappa shape index (κ2) is 11.9. The second-order valence-corrected chi connectivity index (χ2v) is 9.81. The van der Waals surface area contributed by atoms with Crippen LogP contribution in [-0.4, -0.2) is 29.6 Å². The van der Waals surface area contributed by atoms with Crippen LogP contribution in [0.1, 0.15) is 62.4 Å². The molecule has 3 aromatic carbocycles. The Morgan fingerprint density at radius 2 is 1.65 bits per heavy atom. The molecule has 3 aromatic rings. The lowest BCUT2D eigenvalue weighted by atomic mass is 9.94. The maximum atomic E-state index is 13.6. The standard InChI is InChI=1S/C29H31Cl2NO5/c1-6-18(3)22-17-21(13-14-25(22)36-5)37-26-23(30)15-20(16-24(26)31)32(29(4,7-2)28(34)35)27(33)19-11-9-8-10-12-19/h8-18H,6-7H2,1-5H3,(H,34,35). The monoisotopic (exact) mass is 543 g/mol. The van der Waals surface area contributed by atoms with Crippen LogP contribution in [-0.2, 0) is 4.79 Å². The number of carbonyl (C=O) groups is 2. The average Bonchev–Trinajstić information content (AvgIpc) is 2.90. The first kappa shape index (κ1) is 28.4. The van der Waals surface area contributed by atoms with Gasteiger partial charge in [0.25, 0.3) is 5.91 Å². The van der Waals surface area contributed by atoms with Gasteiger partial charge in [-0.1, -0.05) is 62.2 Å². The van der Waals surface area contributed by atoms with E-state index >= 15 is 0 Å². The van der Waals surface area contributed by atoms with Crippen LogP contribution >= 0.6 is 23.2 Å². The summed E-state index contributed by atoms with van der Waals surface area (Å²) in [6.07, 6.45) is 1.07. The molecule has 2 atom stereocenters. The van der Waals surface area contributed by atoms with Crippen molar-refractivity contribution in [1.29, 1.82) is 0 Å². The number of nitrogens with zero attached hydrogens (tertiary/aromatic N) is 1. The molecule has 1 N–H and O–H groups in total. The van der Waals surface area contributed by atoms with Crippen molar-refractivity contribution in [3.8, 4) is 17.2 Å². The van der Waals surface area contributed by atoms with Gasteiger partial charge in [-0.3, -0.25) is 9.69 Å². The molecule has 0 aliphatic carbocycles. The molecule has 0 radical (unpaired) electrons. The summed E-state index contributed by atoms with van der Waals surface area (Å²) in [5.74, 6) is 0.0925. The maximum absolute atomic E-state index is 13.6. The number of carboxylic acids is 1. The van der Waals surface area contributed by atoms with Crippen LogP contribution in [0.2, 0.25) is 10.0 Å². The Hall–Kier alpha value is -3.22. The number of carboxylic acid groups (broad SMARTS) is 1. The summed E-state index contributed by atoms with van der Waals surface area (Å²) in [6, 6.07) is 16.9. The molecular weight excluding hydrogens is 513 g/mol. The van der Waals surface area contributed by atoms with Gasteiger partial charge in [0, 0.05) is 16.8 Å². The minimum atomic E-state index is -1.55. The van der Waals surface area contributed by atoms with E-state index in [-0.39, 0.29) is 33.8 Å². The summed E-state index contributed by atoms with van der Waals surface area (Å²) in [4.78, 5) is 27.2. The van der Waals surface area contributed by atoms with E-state index in [0.717, 1.165) is 17.7 Å². The Kier molecular flexibility index (Phi) is 9.11. The van der Waals surface area contributed by atoms with Gasteiger partial charge >= 0.3 is 5.97 Å². The van der Waals surface area contributed by atoms with Crippen LogP contribution in [0.3, 0.4) is 0 Å². The van der Waals surface area contributed by atoms with Crippen molar-refractivity contribution >= 4 is 40.8 Å². The molecule has 196 valence electrons. The number of methoxy groups -OCH3 is 1. The van der Waals surface area contributed by atoms with Crippen molar-refractivity contribution in [3.05, 3.63) is 81.8 Å². The Labute approximate surface area is 227 Å². The zero-order chi connectivity index (χ0) is 27.3. The zero-order valence-electron chi connectivity index (χ0n) is 21.5. The van der Waals surface area contributed by atoms with Crippen molar-refractivity contribution in [3.63, 3.8) is 0 Å². The van der Waals surface area contributed by atoms with Gasteiger partial charge in [0.15, 0.2) is 5.75 Å². The van der Waals surface area contributed by atoms with Crippen LogP contribution in [0, 0.1) is 0 Å². The Bertz CT molecular complexity index is 1260. The smallest absolute Gasteiger partial charge is 0.329 e. The van der Waals surface area contributed by atoms with Gasteiger partial charge in [0.05, 0.1) is 17.2 Å². The number of halogens is 2. The third kappa shape index (κ3) is 5.86. The van der Waals surface area contributed by atoms with E-state index < -0.39 is 17.4 Å². The van der Waals surface area contributed by atoms with Crippen LogP contribution in [0.25, 0.3) is 0 Å². The molecule has 0 aliphatic heterocycles. The number of amides is 1. The topological polar surface area (TPSA) is 76.1 Å². The average molecular weight is 544 g/mol. The number of ether oxygens (including phenoxy) is 2. The van der Waals surface area contributed by atoms with E-state index in [1.54, 1.807) is 50.4 Å². The predicted octanol–water partition coefficient (Wildman–Crippen LogP) is 8.21. The van der Waals surface area contributed by atoms with E-state index in [4.69, 9.17) is 32.7 Å². The lowest BCUT2D eigenvalue weighted by molar-refractivity contribution is -0.142. The summed E-state index contributed by atoms with van der Waals surface area (Å²) in [7, 11) is 1.62. The van der Waals surface area contributed by atoms with Crippen LogP contribution in [0.4, 0.5) is 5.69 Å². The molecule has 6 nitrogen and oxygen atoms in total. The van der Waals surface area contributed by atoms with Crippen molar-refractivity contribution < 1.29 is 24.2 Å². The van der Waals surface area contributed by atoms with Gasteiger partial charge in [-0.25, -0.2) is 4.79 Å². The van der Waals surface area contributed by atoms with Crippen molar-refractivity contribution in [2.75, 3.05) is 12.0 Å². The zero-order valence-corrected chi connectivity index (χ0v) is 23.1. The number of carbonyl (C=O) groups excluding carboxylic acids is 1. The Balaban J connectivity index is 2.08. The summed E-state index contributed by atoms with van der Waals surface area (Å²) < 4.78 is 11.6. The van der Waals surface area contributed by atoms with E-state index in [2.05, 4.69) is 13.8 Å². The van der Waals surface area contributed by atoms with E-state index in [1.807, 2.05) is 12.1 Å². The summed E-state index contributed by atoms with van der Waals surface area (Å²) in [5.41, 5.74) is 0.0271. The van der Waals surface area contributed by atoms with Crippen LogP contribution < -0.4 is 14.4 Å². The number of benzene rings is 3. The first-order chi connectivity index (χ1) is 17.6. The third-order valence-electron chi connectivity index (χ3n) is 6.67. The van der Waals surface area contributed by atoms with Crippen molar-refractivity contribution in [2.45, 2.75) is 52.0 Å². The molecule has 0 aromatic heterocycles. The Morgan fingerprint density at radius 3 is 2.16 bits per heavy atom. The van der Waals surface area contributed by atoms with Gasteiger partial charge in [0.1, 0.15) is 17.0 Å². The SMILES string of the molecule is CCC(C)c1cc(Oc2c(Cl)cc(N(C(=O)c3ccccc3)C(C)(CC)C(=O)O)cc2Cl)ccc1OC. The van der Waals surface area contributed by atoms with Crippen LogP contribution in [0.15, 0.2) is 60.7 Å². The molecule has 1 amide bonds. The summed E-state index contributed by atoms with van der Waals surface area (Å²) >= 11 is 13.2. The molecule has 2 unspecified atom stereocenters. The molecule has 0 saturated heterocycles. The molecule has 0 aliphatic rings. The molecular formula is C29H31Cl2NO5. The molecule has 0 spiro atoms. The molecule has 0 fully saturated rings. The van der Waals surface area contributed by atoms with Gasteiger partial charge in [-0.05, 0) is 68.1 Å². The predicted molar refractivity (Wildman–Crippen MR) is 148 cm³/mol. The maximum Gasteiger partial charge on any atom is 0.329 e. The van der Waals surface area contributed by atoms with Gasteiger partial charge in [0.2, 0.25) is 0 Å². The highest BCUT2D eigenvalue weighted by Crippen LogP contribution is 2.43. The van der Waals surface area contributed by atoms with E-state index in [0.29, 0.717) is 11.3 Å². The fraction of sp³-hybridized carbons (Fsp3) is 0.310. The number of hydrogen-bond donors (Lipinski definition) is 1. The lowest BCUT2D eigenvalue weighted by Gasteiger charge is -2.37. The van der Waals surface area contributed by atoms with Crippen molar-refractivity contribution in [2.24, 2.45) is 0 Å². The largest absolute Gasteiger partial charge is 0.496 e. The van der Waals surface area contributed by atoms with Gasteiger partial charge < -0.3 is 14.6 Å². The Morgan fingerprint density at radius 1 is 1.03 bits per heavy atom. The number of anilines is 1. The lowest BCUT2D eigenvalue weighted by Crippen LogP contribution is -2.55. The normalized spacial score (nSPS) is 13.4. The molecule has 8 heteroatoms. The summed E-state index contributed by atoms with van der Waals surface area (Å²) in [6.45, 7) is 7.39.